The number of hydrogen-bond donors (Lipinski definition) is 0. The molecule has 2 nitrogen and oxygen atoms in total. The Morgan fingerprint density at radius 3 is 2.76 bits per heavy atom. The molecule has 0 aromatic heterocycles. The van der Waals surface area contributed by atoms with E-state index in [2.05, 4.69) is 26.8 Å². The molecule has 0 saturated heterocycles. The maximum Gasteiger partial charge on any atom is 0.338 e. The van der Waals surface area contributed by atoms with Gasteiger partial charge < -0.3 is 4.74 Å². The monoisotopic (exact) mass is 230 g/mol. The van der Waals surface area contributed by atoms with Crippen LogP contribution in [0, 0.1) is 12.3 Å². The van der Waals surface area contributed by atoms with Gasteiger partial charge in [0.2, 0.25) is 0 Å². The van der Waals surface area contributed by atoms with Crippen LogP contribution in [0.15, 0.2) is 6.07 Å². The minimum atomic E-state index is -0.137. The molecule has 90 valence electrons. The van der Waals surface area contributed by atoms with Crippen LogP contribution in [0.5, 0.6) is 0 Å². The van der Waals surface area contributed by atoms with Gasteiger partial charge >= 0.3 is 5.97 Å². The van der Waals surface area contributed by atoms with Gasteiger partial charge in [0.05, 0.1) is 12.2 Å². The molecular formula is C15H18O2. The molecule has 0 unspecified atom stereocenters. The third-order valence-corrected chi connectivity index (χ3v) is 4.07. The maximum absolute atomic E-state index is 11.8. The highest BCUT2D eigenvalue weighted by atomic mass is 16.5. The van der Waals surface area contributed by atoms with E-state index in [0.717, 1.165) is 24.8 Å². The van der Waals surface area contributed by atoms with Crippen molar-refractivity contribution in [3.63, 3.8) is 0 Å². The molecule has 0 bridgehead atoms. The first-order valence-corrected chi connectivity index (χ1v) is 6.29. The summed E-state index contributed by atoms with van der Waals surface area (Å²) in [5.41, 5.74) is 6.53. The summed E-state index contributed by atoms with van der Waals surface area (Å²) in [6, 6.07) is 2.08. The number of fused-ring (bicyclic) bond motifs is 2. The van der Waals surface area contributed by atoms with Crippen molar-refractivity contribution >= 4 is 5.97 Å². The average Bonchev–Trinajstić information content (AvgIpc) is 2.55. The Labute approximate surface area is 102 Å². The predicted octanol–water partition coefficient (Wildman–Crippen LogP) is 2.83. The second-order valence-corrected chi connectivity index (χ2v) is 6.07. The second-order valence-electron chi connectivity index (χ2n) is 6.07. The van der Waals surface area contributed by atoms with Gasteiger partial charge in [-0.15, -0.1) is 0 Å². The Hall–Kier alpha value is -1.31. The molecule has 2 heteroatoms. The van der Waals surface area contributed by atoms with Crippen molar-refractivity contribution < 1.29 is 9.53 Å². The number of benzene rings is 1. The summed E-state index contributed by atoms with van der Waals surface area (Å²) in [5, 5.41) is 0. The molecule has 0 amide bonds. The lowest BCUT2D eigenvalue weighted by molar-refractivity contribution is 0.0479. The van der Waals surface area contributed by atoms with Gasteiger partial charge in [0.25, 0.3) is 0 Å². The highest BCUT2D eigenvalue weighted by Crippen LogP contribution is 2.40. The largest absolute Gasteiger partial charge is 0.462 e. The highest BCUT2D eigenvalue weighted by Gasteiger charge is 2.33. The van der Waals surface area contributed by atoms with Crippen LogP contribution in [-0.2, 0) is 24.0 Å². The minimum Gasteiger partial charge on any atom is -0.462 e. The lowest BCUT2D eigenvalue weighted by atomic mass is 9.89. The molecule has 0 saturated carbocycles. The molecule has 1 aromatic rings. The van der Waals surface area contributed by atoms with Crippen LogP contribution in [0.1, 0.15) is 46.5 Å². The third-order valence-electron chi connectivity index (χ3n) is 4.07. The van der Waals surface area contributed by atoms with Crippen LogP contribution in [0.2, 0.25) is 0 Å². The van der Waals surface area contributed by atoms with Crippen LogP contribution < -0.4 is 0 Å². The summed E-state index contributed by atoms with van der Waals surface area (Å²) in [7, 11) is 0. The third kappa shape index (κ3) is 1.58. The van der Waals surface area contributed by atoms with Crippen LogP contribution in [0.4, 0.5) is 0 Å². The predicted molar refractivity (Wildman–Crippen MR) is 66.4 cm³/mol. The van der Waals surface area contributed by atoms with Crippen molar-refractivity contribution in [3.8, 4) is 0 Å². The fourth-order valence-electron chi connectivity index (χ4n) is 3.26. The molecule has 1 heterocycles. The van der Waals surface area contributed by atoms with Crippen LogP contribution in [0.3, 0.4) is 0 Å². The van der Waals surface area contributed by atoms with E-state index >= 15 is 0 Å². The summed E-state index contributed by atoms with van der Waals surface area (Å²) >= 11 is 0. The Kier molecular flexibility index (Phi) is 2.13. The van der Waals surface area contributed by atoms with E-state index in [0.29, 0.717) is 12.0 Å². The Bertz CT molecular complexity index is 512. The quantitative estimate of drug-likeness (QED) is 0.641. The summed E-state index contributed by atoms with van der Waals surface area (Å²) in [6.45, 7) is 7.29. The van der Waals surface area contributed by atoms with E-state index in [1.165, 1.54) is 22.3 Å². The van der Waals surface area contributed by atoms with Crippen molar-refractivity contribution in [1.82, 2.24) is 0 Å². The fourth-order valence-corrected chi connectivity index (χ4v) is 3.26. The molecule has 0 fully saturated rings. The van der Waals surface area contributed by atoms with Crippen LogP contribution in [-0.4, -0.2) is 12.6 Å². The number of ether oxygens (including phenoxy) is 1. The molecule has 0 N–H and O–H groups in total. The molecule has 1 aliphatic heterocycles. The maximum atomic E-state index is 11.8. The van der Waals surface area contributed by atoms with E-state index in [1.807, 2.05) is 0 Å². The van der Waals surface area contributed by atoms with Gasteiger partial charge in [-0.3, -0.25) is 0 Å². The Morgan fingerprint density at radius 2 is 2.00 bits per heavy atom. The molecule has 17 heavy (non-hydrogen) atoms. The minimum absolute atomic E-state index is 0.137. The summed E-state index contributed by atoms with van der Waals surface area (Å²) < 4.78 is 5.13. The lowest BCUT2D eigenvalue weighted by Gasteiger charge is -2.20. The van der Waals surface area contributed by atoms with Gasteiger partial charge in [-0.25, -0.2) is 4.79 Å². The Balaban J connectivity index is 2.19. The lowest BCUT2D eigenvalue weighted by Crippen LogP contribution is -2.19. The van der Waals surface area contributed by atoms with Crippen molar-refractivity contribution in [2.75, 3.05) is 6.61 Å². The summed E-state index contributed by atoms with van der Waals surface area (Å²) in [6.07, 6.45) is 3.08. The number of rotatable bonds is 0. The first-order valence-electron chi connectivity index (χ1n) is 6.29. The topological polar surface area (TPSA) is 26.3 Å². The number of carbonyl (C=O) groups excluding carboxylic acids is 1. The van der Waals surface area contributed by atoms with Crippen molar-refractivity contribution in [1.29, 1.82) is 0 Å². The van der Waals surface area contributed by atoms with Gasteiger partial charge in [-0.2, -0.15) is 0 Å². The van der Waals surface area contributed by atoms with Crippen LogP contribution in [0.25, 0.3) is 0 Å². The molecule has 2 aliphatic rings. The fraction of sp³-hybridized carbons (Fsp3) is 0.533. The number of hydrogen-bond acceptors (Lipinski definition) is 2. The van der Waals surface area contributed by atoms with Crippen LogP contribution >= 0.6 is 0 Å². The zero-order valence-electron chi connectivity index (χ0n) is 10.7. The number of cyclic esters (lactones) is 1. The van der Waals surface area contributed by atoms with Gasteiger partial charge in [0.1, 0.15) is 0 Å². The average molecular weight is 230 g/mol. The van der Waals surface area contributed by atoms with Crippen molar-refractivity contribution in [2.24, 2.45) is 5.41 Å². The molecule has 0 atom stereocenters. The summed E-state index contributed by atoms with van der Waals surface area (Å²) in [5.74, 6) is -0.137. The Morgan fingerprint density at radius 1 is 1.24 bits per heavy atom. The normalized spacial score (nSPS) is 20.8. The highest BCUT2D eigenvalue weighted by molar-refractivity contribution is 5.93. The zero-order chi connectivity index (χ0) is 12.2. The van der Waals surface area contributed by atoms with Gasteiger partial charge in [0, 0.05) is 6.42 Å². The standard InChI is InChI=1S/C15H18O2/c1-9-11-4-5-17-14(16)12(11)6-10-7-15(2,3)8-13(9)10/h6H,4-5,7-8H2,1-3H3. The van der Waals surface area contributed by atoms with E-state index in [9.17, 15) is 4.79 Å². The molecular weight excluding hydrogens is 212 g/mol. The molecule has 1 aromatic carbocycles. The molecule has 1 aliphatic carbocycles. The second kappa shape index (κ2) is 3.34. The number of carbonyl (C=O) groups is 1. The summed E-state index contributed by atoms with van der Waals surface area (Å²) in [4.78, 5) is 11.8. The molecule has 3 rings (SSSR count). The molecule has 0 radical (unpaired) electrons. The van der Waals surface area contributed by atoms with E-state index in [-0.39, 0.29) is 5.97 Å². The van der Waals surface area contributed by atoms with Crippen molar-refractivity contribution in [3.05, 3.63) is 33.9 Å². The zero-order valence-corrected chi connectivity index (χ0v) is 10.7. The first-order chi connectivity index (χ1) is 7.98. The van der Waals surface area contributed by atoms with Gasteiger partial charge in [-0.1, -0.05) is 13.8 Å². The van der Waals surface area contributed by atoms with Gasteiger partial charge in [0.15, 0.2) is 0 Å². The van der Waals surface area contributed by atoms with E-state index in [4.69, 9.17) is 4.74 Å². The SMILES string of the molecule is Cc1c2c(cc3c1CCOC3=O)CC(C)(C)C2. The van der Waals surface area contributed by atoms with Crippen molar-refractivity contribution in [2.45, 2.75) is 40.0 Å². The smallest absolute Gasteiger partial charge is 0.338 e. The van der Waals surface area contributed by atoms with E-state index in [1.54, 1.807) is 0 Å². The van der Waals surface area contributed by atoms with E-state index < -0.39 is 0 Å². The van der Waals surface area contributed by atoms with Gasteiger partial charge in [-0.05, 0) is 53.5 Å². The first kappa shape index (κ1) is 10.8. The number of esters is 1. The molecule has 0 spiro atoms.